The standard InChI is InChI=1S/C10H16O2/c1-9(2)7(10(9,3)4)5-6-8(11)12/h5-7H,1-4H3,(H,11,12)/b6-5+. The summed E-state index contributed by atoms with van der Waals surface area (Å²) in [5.74, 6) is -0.449. The molecule has 0 spiro atoms. The molecule has 0 aromatic carbocycles. The normalized spacial score (nSPS) is 26.0. The Morgan fingerprint density at radius 1 is 1.25 bits per heavy atom. The van der Waals surface area contributed by atoms with Gasteiger partial charge >= 0.3 is 5.97 Å². The lowest BCUT2D eigenvalue weighted by Crippen LogP contribution is -1.95. The first-order chi connectivity index (χ1) is 5.30. The second kappa shape index (κ2) is 2.35. The van der Waals surface area contributed by atoms with E-state index in [4.69, 9.17) is 5.11 Å². The summed E-state index contributed by atoms with van der Waals surface area (Å²) in [6, 6.07) is 0. The Hall–Kier alpha value is -0.790. The number of hydrogen-bond acceptors (Lipinski definition) is 1. The number of rotatable bonds is 2. The molecule has 68 valence electrons. The largest absolute Gasteiger partial charge is 0.478 e. The predicted molar refractivity (Wildman–Crippen MR) is 47.8 cm³/mol. The zero-order valence-corrected chi connectivity index (χ0v) is 8.09. The minimum Gasteiger partial charge on any atom is -0.478 e. The van der Waals surface area contributed by atoms with Gasteiger partial charge in [0.1, 0.15) is 0 Å². The van der Waals surface area contributed by atoms with Crippen molar-refractivity contribution in [1.29, 1.82) is 0 Å². The van der Waals surface area contributed by atoms with E-state index >= 15 is 0 Å². The summed E-state index contributed by atoms with van der Waals surface area (Å²) in [4.78, 5) is 10.3. The van der Waals surface area contributed by atoms with E-state index in [-0.39, 0.29) is 10.8 Å². The van der Waals surface area contributed by atoms with Crippen molar-refractivity contribution in [3.05, 3.63) is 12.2 Å². The van der Waals surface area contributed by atoms with E-state index in [1.807, 2.05) is 6.08 Å². The van der Waals surface area contributed by atoms with Gasteiger partial charge in [0.2, 0.25) is 0 Å². The molecule has 0 aromatic rings. The number of carboxylic acid groups (broad SMARTS) is 1. The van der Waals surface area contributed by atoms with Gasteiger partial charge in [0.15, 0.2) is 0 Å². The van der Waals surface area contributed by atoms with E-state index in [1.165, 1.54) is 6.08 Å². The lowest BCUT2D eigenvalue weighted by molar-refractivity contribution is -0.131. The Bertz CT molecular complexity index is 222. The molecular weight excluding hydrogens is 152 g/mol. The van der Waals surface area contributed by atoms with Crippen molar-refractivity contribution in [1.82, 2.24) is 0 Å². The molecule has 12 heavy (non-hydrogen) atoms. The number of hydrogen-bond donors (Lipinski definition) is 1. The molecule has 1 saturated carbocycles. The van der Waals surface area contributed by atoms with Crippen LogP contribution in [0.2, 0.25) is 0 Å². The molecule has 0 radical (unpaired) electrons. The van der Waals surface area contributed by atoms with Gasteiger partial charge in [-0.1, -0.05) is 33.8 Å². The van der Waals surface area contributed by atoms with E-state index < -0.39 is 5.97 Å². The highest BCUT2D eigenvalue weighted by Gasteiger charge is 2.63. The fourth-order valence-electron chi connectivity index (χ4n) is 1.91. The van der Waals surface area contributed by atoms with Gasteiger partial charge in [0.25, 0.3) is 0 Å². The molecule has 1 rings (SSSR count). The first-order valence-electron chi connectivity index (χ1n) is 4.21. The number of aliphatic carboxylic acids is 1. The van der Waals surface area contributed by atoms with Crippen LogP contribution in [0.5, 0.6) is 0 Å². The highest BCUT2D eigenvalue weighted by Crippen LogP contribution is 2.68. The third-order valence-corrected chi connectivity index (χ3v) is 3.56. The molecule has 0 heterocycles. The van der Waals surface area contributed by atoms with Gasteiger partial charge in [-0.15, -0.1) is 0 Å². The maximum atomic E-state index is 10.3. The van der Waals surface area contributed by atoms with Crippen LogP contribution in [0.1, 0.15) is 27.7 Å². The van der Waals surface area contributed by atoms with E-state index in [1.54, 1.807) is 0 Å². The molecule has 0 aromatic heterocycles. The van der Waals surface area contributed by atoms with Crippen LogP contribution in [0.15, 0.2) is 12.2 Å². The Balaban J connectivity index is 2.66. The zero-order chi connectivity index (χ0) is 9.57. The molecule has 2 heteroatoms. The molecule has 1 N–H and O–H groups in total. The van der Waals surface area contributed by atoms with Gasteiger partial charge in [-0.3, -0.25) is 0 Å². The van der Waals surface area contributed by atoms with Gasteiger partial charge in [-0.05, 0) is 16.7 Å². The second-order valence-corrected chi connectivity index (χ2v) is 4.62. The Morgan fingerprint density at radius 2 is 1.67 bits per heavy atom. The van der Waals surface area contributed by atoms with Crippen molar-refractivity contribution in [2.45, 2.75) is 27.7 Å². The van der Waals surface area contributed by atoms with E-state index in [0.29, 0.717) is 5.92 Å². The Morgan fingerprint density at radius 3 is 1.92 bits per heavy atom. The predicted octanol–water partition coefficient (Wildman–Crippen LogP) is 2.31. The summed E-state index contributed by atoms with van der Waals surface area (Å²) in [5.41, 5.74) is 0.498. The summed E-state index contributed by atoms with van der Waals surface area (Å²) < 4.78 is 0. The molecule has 0 amide bonds. The Kier molecular flexibility index (Phi) is 1.82. The van der Waals surface area contributed by atoms with Crippen LogP contribution >= 0.6 is 0 Å². The van der Waals surface area contributed by atoms with Crippen molar-refractivity contribution < 1.29 is 9.90 Å². The highest BCUT2D eigenvalue weighted by atomic mass is 16.4. The van der Waals surface area contributed by atoms with Gasteiger partial charge in [-0.2, -0.15) is 0 Å². The molecule has 2 nitrogen and oxygen atoms in total. The smallest absolute Gasteiger partial charge is 0.327 e. The van der Waals surface area contributed by atoms with Crippen molar-refractivity contribution in [2.24, 2.45) is 16.7 Å². The first-order valence-corrected chi connectivity index (χ1v) is 4.21. The quantitative estimate of drug-likeness (QED) is 0.642. The first kappa shape index (κ1) is 9.30. The van der Waals surface area contributed by atoms with Crippen LogP contribution < -0.4 is 0 Å². The number of carboxylic acids is 1. The molecule has 0 saturated heterocycles. The van der Waals surface area contributed by atoms with Crippen LogP contribution in [0, 0.1) is 16.7 Å². The zero-order valence-electron chi connectivity index (χ0n) is 8.09. The SMILES string of the molecule is CC1(C)C(/C=C/C(=O)O)C1(C)C. The monoisotopic (exact) mass is 168 g/mol. The van der Waals surface area contributed by atoms with Crippen molar-refractivity contribution in [3.8, 4) is 0 Å². The van der Waals surface area contributed by atoms with Crippen LogP contribution in [0.4, 0.5) is 0 Å². The third-order valence-electron chi connectivity index (χ3n) is 3.56. The fourth-order valence-corrected chi connectivity index (χ4v) is 1.91. The van der Waals surface area contributed by atoms with Crippen LogP contribution in [-0.4, -0.2) is 11.1 Å². The molecule has 0 aliphatic heterocycles. The summed E-state index contributed by atoms with van der Waals surface area (Å²) in [6.45, 7) is 8.68. The van der Waals surface area contributed by atoms with E-state index in [9.17, 15) is 4.79 Å². The van der Waals surface area contributed by atoms with Crippen LogP contribution in [-0.2, 0) is 4.79 Å². The summed E-state index contributed by atoms with van der Waals surface area (Å²) >= 11 is 0. The molecule has 1 aliphatic carbocycles. The average Bonchev–Trinajstić information content (AvgIpc) is 2.21. The minimum atomic E-state index is -0.853. The molecular formula is C10H16O2. The highest BCUT2D eigenvalue weighted by molar-refractivity contribution is 5.79. The number of carbonyl (C=O) groups is 1. The van der Waals surface area contributed by atoms with E-state index in [2.05, 4.69) is 27.7 Å². The maximum absolute atomic E-state index is 10.3. The van der Waals surface area contributed by atoms with Gasteiger partial charge in [0.05, 0.1) is 0 Å². The molecule has 1 fully saturated rings. The Labute approximate surface area is 73.3 Å². The summed E-state index contributed by atoms with van der Waals surface area (Å²) in [5, 5.41) is 8.44. The van der Waals surface area contributed by atoms with Crippen LogP contribution in [0.25, 0.3) is 0 Å². The van der Waals surface area contributed by atoms with E-state index in [0.717, 1.165) is 0 Å². The molecule has 0 unspecified atom stereocenters. The third kappa shape index (κ3) is 1.15. The molecule has 0 bridgehead atoms. The second-order valence-electron chi connectivity index (χ2n) is 4.62. The van der Waals surface area contributed by atoms with Crippen molar-refractivity contribution in [3.63, 3.8) is 0 Å². The van der Waals surface area contributed by atoms with Crippen molar-refractivity contribution in [2.75, 3.05) is 0 Å². The lowest BCUT2D eigenvalue weighted by Gasteiger charge is -2.03. The lowest BCUT2D eigenvalue weighted by atomic mass is 10.0. The summed E-state index contributed by atoms with van der Waals surface area (Å²) in [6.07, 6.45) is 3.06. The molecule has 1 aliphatic rings. The maximum Gasteiger partial charge on any atom is 0.327 e. The topological polar surface area (TPSA) is 37.3 Å². The average molecular weight is 168 g/mol. The van der Waals surface area contributed by atoms with Gasteiger partial charge in [0, 0.05) is 6.08 Å². The fraction of sp³-hybridized carbons (Fsp3) is 0.700. The van der Waals surface area contributed by atoms with Gasteiger partial charge < -0.3 is 5.11 Å². The van der Waals surface area contributed by atoms with Crippen LogP contribution in [0.3, 0.4) is 0 Å². The van der Waals surface area contributed by atoms with Gasteiger partial charge in [-0.25, -0.2) is 4.79 Å². The minimum absolute atomic E-state index is 0.249. The number of allylic oxidation sites excluding steroid dienone is 1. The summed E-state index contributed by atoms with van der Waals surface area (Å²) in [7, 11) is 0. The molecule has 0 atom stereocenters. The van der Waals surface area contributed by atoms with Crippen molar-refractivity contribution >= 4 is 5.97 Å².